The minimum atomic E-state index is -0.454. The van der Waals surface area contributed by atoms with Gasteiger partial charge in [0.15, 0.2) is 6.61 Å². The van der Waals surface area contributed by atoms with Crippen molar-refractivity contribution in [1.82, 2.24) is 5.32 Å². The van der Waals surface area contributed by atoms with Gasteiger partial charge >= 0.3 is 0 Å². The molecule has 0 bridgehead atoms. The zero-order chi connectivity index (χ0) is 12.8. The van der Waals surface area contributed by atoms with E-state index in [1.165, 1.54) is 0 Å². The molecule has 1 fully saturated rings. The number of nitrogens with zero attached hydrogens (tertiary/aromatic N) is 1. The van der Waals surface area contributed by atoms with Crippen LogP contribution in [0, 0.1) is 6.57 Å². The van der Waals surface area contributed by atoms with Crippen LogP contribution in [0.25, 0.3) is 4.85 Å². The van der Waals surface area contributed by atoms with Crippen LogP contribution in [0.3, 0.4) is 0 Å². The quantitative estimate of drug-likeness (QED) is 0.615. The maximum absolute atomic E-state index is 10.2. The second kappa shape index (κ2) is 6.39. The fourth-order valence-corrected chi connectivity index (χ4v) is 2.18. The highest BCUT2D eigenvalue weighted by molar-refractivity contribution is 5.29. The van der Waals surface area contributed by atoms with Crippen LogP contribution in [0.1, 0.15) is 24.5 Å². The molecule has 0 unspecified atom stereocenters. The van der Waals surface area contributed by atoms with Crippen molar-refractivity contribution in [1.29, 1.82) is 0 Å². The van der Waals surface area contributed by atoms with Gasteiger partial charge < -0.3 is 20.0 Å². The van der Waals surface area contributed by atoms with E-state index in [9.17, 15) is 5.11 Å². The molecule has 0 aliphatic carbocycles. The average molecular weight is 246 g/mol. The second-order valence-electron chi connectivity index (χ2n) is 4.45. The molecule has 0 amide bonds. The summed E-state index contributed by atoms with van der Waals surface area (Å²) in [6.45, 7) is 8.43. The van der Waals surface area contributed by atoms with Crippen LogP contribution in [0.4, 0.5) is 0 Å². The van der Waals surface area contributed by atoms with Crippen molar-refractivity contribution < 1.29 is 9.84 Å². The Hall–Kier alpha value is -1.57. The molecule has 2 atom stereocenters. The van der Waals surface area contributed by atoms with Crippen molar-refractivity contribution in [3.63, 3.8) is 0 Å². The maximum Gasteiger partial charge on any atom is 0.248 e. The molecule has 0 aromatic heterocycles. The molecule has 4 nitrogen and oxygen atoms in total. The summed E-state index contributed by atoms with van der Waals surface area (Å²) >= 11 is 0. The third-order valence-electron chi connectivity index (χ3n) is 3.17. The molecule has 1 aromatic rings. The Balaban J connectivity index is 1.92. The van der Waals surface area contributed by atoms with Crippen LogP contribution in [0.15, 0.2) is 24.3 Å². The van der Waals surface area contributed by atoms with Gasteiger partial charge in [-0.05, 0) is 37.1 Å². The minimum absolute atomic E-state index is 0.166. The molecular weight excluding hydrogens is 228 g/mol. The topological polar surface area (TPSA) is 45.9 Å². The molecule has 4 heteroatoms. The second-order valence-corrected chi connectivity index (χ2v) is 4.45. The number of benzene rings is 1. The molecule has 96 valence electrons. The average Bonchev–Trinajstić information content (AvgIpc) is 2.93. The van der Waals surface area contributed by atoms with Crippen molar-refractivity contribution in [2.24, 2.45) is 0 Å². The van der Waals surface area contributed by atoms with Crippen LogP contribution in [-0.4, -0.2) is 30.8 Å². The van der Waals surface area contributed by atoms with E-state index in [0.29, 0.717) is 13.2 Å². The van der Waals surface area contributed by atoms with Gasteiger partial charge in [0, 0.05) is 6.04 Å². The third kappa shape index (κ3) is 3.22. The van der Waals surface area contributed by atoms with E-state index in [-0.39, 0.29) is 6.04 Å². The Morgan fingerprint density at radius 1 is 1.44 bits per heavy atom. The summed E-state index contributed by atoms with van der Waals surface area (Å²) in [4.78, 5) is 3.23. The van der Waals surface area contributed by atoms with Crippen molar-refractivity contribution in [3.8, 4) is 5.75 Å². The number of hydrogen-bond acceptors (Lipinski definition) is 3. The summed E-state index contributed by atoms with van der Waals surface area (Å²) in [7, 11) is 0. The Bertz CT molecular complexity index is 405. The van der Waals surface area contributed by atoms with Crippen molar-refractivity contribution in [3.05, 3.63) is 41.2 Å². The first-order valence-electron chi connectivity index (χ1n) is 6.28. The van der Waals surface area contributed by atoms with Gasteiger partial charge in [0.05, 0.1) is 6.10 Å². The SMILES string of the molecule is [C-]#[N+]CCOc1ccc([C@@H](O)[C@@H]2CCCN2)cc1. The van der Waals surface area contributed by atoms with Gasteiger partial charge in [-0.3, -0.25) is 0 Å². The first-order valence-corrected chi connectivity index (χ1v) is 6.28. The van der Waals surface area contributed by atoms with Crippen molar-refractivity contribution in [2.45, 2.75) is 25.0 Å². The molecule has 0 saturated carbocycles. The van der Waals surface area contributed by atoms with Crippen LogP contribution in [0.5, 0.6) is 5.75 Å². The number of rotatable bonds is 5. The first kappa shape index (κ1) is 12.9. The maximum atomic E-state index is 10.2. The molecule has 1 aliphatic heterocycles. The van der Waals surface area contributed by atoms with E-state index in [1.807, 2.05) is 24.3 Å². The molecule has 1 saturated heterocycles. The molecule has 1 aromatic carbocycles. The highest BCUT2D eigenvalue weighted by Crippen LogP contribution is 2.24. The fraction of sp³-hybridized carbons (Fsp3) is 0.500. The molecule has 18 heavy (non-hydrogen) atoms. The first-order chi connectivity index (χ1) is 8.81. The summed E-state index contributed by atoms with van der Waals surface area (Å²) in [5.74, 6) is 0.744. The smallest absolute Gasteiger partial charge is 0.248 e. The van der Waals surface area contributed by atoms with Crippen molar-refractivity contribution >= 4 is 0 Å². The third-order valence-corrected chi connectivity index (χ3v) is 3.17. The van der Waals surface area contributed by atoms with Gasteiger partial charge in [-0.25, -0.2) is 6.57 Å². The van der Waals surface area contributed by atoms with Gasteiger partial charge in [0.25, 0.3) is 0 Å². The molecule has 0 spiro atoms. The summed E-state index contributed by atoms with van der Waals surface area (Å²) < 4.78 is 5.40. The Morgan fingerprint density at radius 3 is 2.83 bits per heavy atom. The summed E-state index contributed by atoms with van der Waals surface area (Å²) in [5.41, 5.74) is 0.909. The standard InChI is InChI=1S/C14H18N2O2/c1-15-9-10-18-12-6-4-11(5-7-12)14(17)13-3-2-8-16-13/h4-7,13-14,16-17H,2-3,8-10H2/t13-,14+/m0/s1. The molecule has 1 heterocycles. The monoisotopic (exact) mass is 246 g/mol. The summed E-state index contributed by atoms with van der Waals surface area (Å²) in [5, 5.41) is 13.5. The van der Waals surface area contributed by atoms with Crippen LogP contribution in [0.2, 0.25) is 0 Å². The van der Waals surface area contributed by atoms with Gasteiger partial charge in [-0.2, -0.15) is 0 Å². The van der Waals surface area contributed by atoms with Gasteiger partial charge in [-0.1, -0.05) is 12.1 Å². The lowest BCUT2D eigenvalue weighted by Crippen LogP contribution is -2.28. The zero-order valence-corrected chi connectivity index (χ0v) is 10.3. The predicted octanol–water partition coefficient (Wildman–Crippen LogP) is 1.77. The van der Waals surface area contributed by atoms with E-state index < -0.39 is 6.10 Å². The molecular formula is C14H18N2O2. The molecule has 2 N–H and O–H groups in total. The summed E-state index contributed by atoms with van der Waals surface area (Å²) in [6, 6.07) is 7.63. The lowest BCUT2D eigenvalue weighted by atomic mass is 10.0. The number of aliphatic hydroxyl groups is 1. The number of hydrogen-bond donors (Lipinski definition) is 2. The predicted molar refractivity (Wildman–Crippen MR) is 69.4 cm³/mol. The lowest BCUT2D eigenvalue weighted by molar-refractivity contribution is 0.137. The summed E-state index contributed by atoms with van der Waals surface area (Å²) in [6.07, 6.45) is 1.69. The number of aliphatic hydroxyl groups excluding tert-OH is 1. The molecule has 0 radical (unpaired) electrons. The van der Waals surface area contributed by atoms with Crippen molar-refractivity contribution in [2.75, 3.05) is 19.7 Å². The zero-order valence-electron chi connectivity index (χ0n) is 10.3. The van der Waals surface area contributed by atoms with Crippen LogP contribution >= 0.6 is 0 Å². The van der Waals surface area contributed by atoms with E-state index in [2.05, 4.69) is 10.2 Å². The number of ether oxygens (including phenoxy) is 1. The van der Waals surface area contributed by atoms with Gasteiger partial charge in [-0.15, -0.1) is 0 Å². The van der Waals surface area contributed by atoms with Gasteiger partial charge in [0.1, 0.15) is 5.75 Å². The van der Waals surface area contributed by atoms with Crippen LogP contribution < -0.4 is 10.1 Å². The minimum Gasteiger partial charge on any atom is -0.486 e. The Labute approximate surface area is 107 Å². The van der Waals surface area contributed by atoms with E-state index in [4.69, 9.17) is 11.3 Å². The van der Waals surface area contributed by atoms with Gasteiger partial charge in [0.2, 0.25) is 6.54 Å². The van der Waals surface area contributed by atoms with E-state index >= 15 is 0 Å². The Morgan fingerprint density at radius 2 is 2.22 bits per heavy atom. The highest BCUT2D eigenvalue weighted by Gasteiger charge is 2.23. The van der Waals surface area contributed by atoms with E-state index in [0.717, 1.165) is 30.7 Å². The number of nitrogens with one attached hydrogen (secondary N) is 1. The highest BCUT2D eigenvalue weighted by atomic mass is 16.5. The molecule has 1 aliphatic rings. The lowest BCUT2D eigenvalue weighted by Gasteiger charge is -2.18. The normalized spacial score (nSPS) is 20.3. The fourth-order valence-electron chi connectivity index (χ4n) is 2.18. The van der Waals surface area contributed by atoms with E-state index in [1.54, 1.807) is 0 Å². The Kier molecular flexibility index (Phi) is 4.57. The van der Waals surface area contributed by atoms with Crippen LogP contribution in [-0.2, 0) is 0 Å². The largest absolute Gasteiger partial charge is 0.486 e. The molecule has 2 rings (SSSR count).